The summed E-state index contributed by atoms with van der Waals surface area (Å²) >= 11 is 0. The van der Waals surface area contributed by atoms with Crippen molar-refractivity contribution in [1.29, 1.82) is 0 Å². The average Bonchev–Trinajstić information content (AvgIpc) is 3.00. The van der Waals surface area contributed by atoms with Crippen molar-refractivity contribution in [2.24, 2.45) is 0 Å². The average molecular weight is 329 g/mol. The van der Waals surface area contributed by atoms with Crippen molar-refractivity contribution in [3.63, 3.8) is 0 Å². The van der Waals surface area contributed by atoms with Crippen molar-refractivity contribution in [3.05, 3.63) is 47.3 Å². The molecule has 1 aliphatic heterocycles. The highest BCUT2D eigenvalue weighted by Crippen LogP contribution is 2.28. The second-order valence-corrected chi connectivity index (χ2v) is 6.12. The summed E-state index contributed by atoms with van der Waals surface area (Å²) in [5.74, 6) is 0.458. The molecule has 0 spiro atoms. The number of para-hydroxylation sites is 1. The fourth-order valence-corrected chi connectivity index (χ4v) is 3.20. The van der Waals surface area contributed by atoms with Gasteiger partial charge in [0.25, 0.3) is 5.91 Å². The number of nitrogens with zero attached hydrogens (tertiary/aromatic N) is 3. The van der Waals surface area contributed by atoms with Gasteiger partial charge in [0.1, 0.15) is 6.61 Å². The molecule has 1 amide bonds. The normalized spacial score (nSPS) is 17.5. The van der Waals surface area contributed by atoms with Gasteiger partial charge >= 0.3 is 0 Å². The fraction of sp³-hybridized carbons (Fsp3) is 0.444. The summed E-state index contributed by atoms with van der Waals surface area (Å²) in [6, 6.07) is 10.00. The number of carbonyl (C=O) groups is 1. The minimum Gasteiger partial charge on any atom is -0.377 e. The molecule has 3 rings (SSSR count). The zero-order valence-electron chi connectivity index (χ0n) is 14.4. The van der Waals surface area contributed by atoms with E-state index in [0.717, 1.165) is 18.5 Å². The van der Waals surface area contributed by atoms with E-state index in [0.29, 0.717) is 24.6 Å². The van der Waals surface area contributed by atoms with E-state index in [2.05, 4.69) is 36.2 Å². The molecule has 24 heavy (non-hydrogen) atoms. The summed E-state index contributed by atoms with van der Waals surface area (Å²) in [4.78, 5) is 17.1. The zero-order valence-corrected chi connectivity index (χ0v) is 14.4. The van der Waals surface area contributed by atoms with Crippen LogP contribution in [0.1, 0.15) is 35.2 Å². The molecule has 2 heterocycles. The van der Waals surface area contributed by atoms with E-state index in [1.165, 1.54) is 5.69 Å². The minimum absolute atomic E-state index is 0.0990. The topological polar surface area (TPSA) is 58.8 Å². The molecule has 6 nitrogen and oxygen atoms in total. The van der Waals surface area contributed by atoms with Gasteiger partial charge < -0.3 is 19.1 Å². The van der Waals surface area contributed by atoms with E-state index >= 15 is 0 Å². The van der Waals surface area contributed by atoms with E-state index in [9.17, 15) is 4.79 Å². The molecule has 0 saturated heterocycles. The molecular weight excluding hydrogens is 306 g/mol. The summed E-state index contributed by atoms with van der Waals surface area (Å²) in [5.41, 5.74) is 2.65. The molecule has 0 fully saturated rings. The van der Waals surface area contributed by atoms with Gasteiger partial charge in [0.2, 0.25) is 0 Å². The lowest BCUT2D eigenvalue weighted by Gasteiger charge is -2.30. The van der Waals surface area contributed by atoms with Crippen molar-refractivity contribution in [3.8, 4) is 0 Å². The predicted octanol–water partition coefficient (Wildman–Crippen LogP) is 2.69. The number of rotatable bonds is 4. The van der Waals surface area contributed by atoms with Gasteiger partial charge in [-0.2, -0.15) is 0 Å². The van der Waals surface area contributed by atoms with Crippen molar-refractivity contribution in [1.82, 2.24) is 10.1 Å². The van der Waals surface area contributed by atoms with Crippen molar-refractivity contribution in [2.45, 2.75) is 32.5 Å². The summed E-state index contributed by atoms with van der Waals surface area (Å²) in [6.07, 6.45) is 0.882. The van der Waals surface area contributed by atoms with Gasteiger partial charge in [-0.25, -0.2) is 0 Å². The van der Waals surface area contributed by atoms with Gasteiger partial charge in [-0.05, 0) is 18.1 Å². The number of fused-ring (bicyclic) bond motifs is 1. The summed E-state index contributed by atoms with van der Waals surface area (Å²) in [5, 5.41) is 3.92. The van der Waals surface area contributed by atoms with Gasteiger partial charge in [0, 0.05) is 45.0 Å². The first kappa shape index (κ1) is 16.5. The number of likely N-dealkylation sites (N-methyl/N-ethyl adjacent to an activating group) is 1. The molecule has 0 saturated carbocycles. The molecule has 0 bridgehead atoms. The lowest BCUT2D eigenvalue weighted by Crippen LogP contribution is -2.43. The van der Waals surface area contributed by atoms with Gasteiger partial charge in [-0.1, -0.05) is 30.3 Å². The molecule has 0 aliphatic carbocycles. The summed E-state index contributed by atoms with van der Waals surface area (Å²) in [7, 11) is 3.65. The van der Waals surface area contributed by atoms with E-state index in [1.807, 2.05) is 17.0 Å². The standard InChI is InChI=1S/C18H23N3O3/c1-4-14-11-20(2)17-8-6-5-7-13(17)10-21(14)18(22)16-9-15(12-23-3)24-19-16/h5-9,14H,4,10-12H2,1-3H3/t14-/m1/s1. The van der Waals surface area contributed by atoms with Crippen LogP contribution in [0, 0.1) is 0 Å². The fourth-order valence-electron chi connectivity index (χ4n) is 3.20. The van der Waals surface area contributed by atoms with Crippen LogP contribution in [-0.2, 0) is 17.9 Å². The molecule has 2 aromatic rings. The van der Waals surface area contributed by atoms with Crippen molar-refractivity contribution < 1.29 is 14.1 Å². The number of hydrogen-bond acceptors (Lipinski definition) is 5. The first-order valence-electron chi connectivity index (χ1n) is 8.18. The highest BCUT2D eigenvalue weighted by molar-refractivity contribution is 5.92. The van der Waals surface area contributed by atoms with E-state index < -0.39 is 0 Å². The van der Waals surface area contributed by atoms with Crippen molar-refractivity contribution in [2.75, 3.05) is 25.6 Å². The first-order chi connectivity index (χ1) is 11.6. The number of amides is 1. The quantitative estimate of drug-likeness (QED) is 0.863. The lowest BCUT2D eigenvalue weighted by molar-refractivity contribution is 0.0656. The second kappa shape index (κ2) is 7.05. The SMILES string of the molecule is CC[C@@H]1CN(C)c2ccccc2CN1C(=O)c1cc(COC)on1. The molecule has 1 atom stereocenters. The Morgan fingerprint density at radius 1 is 1.42 bits per heavy atom. The maximum atomic E-state index is 13.0. The predicted molar refractivity (Wildman–Crippen MR) is 90.9 cm³/mol. The van der Waals surface area contributed by atoms with E-state index in [4.69, 9.17) is 9.26 Å². The first-order valence-corrected chi connectivity index (χ1v) is 8.18. The van der Waals surface area contributed by atoms with Crippen LogP contribution in [0.25, 0.3) is 0 Å². The molecule has 6 heteroatoms. The zero-order chi connectivity index (χ0) is 17.1. The Balaban J connectivity index is 1.90. The van der Waals surface area contributed by atoms with Gasteiger partial charge in [-0.15, -0.1) is 0 Å². The smallest absolute Gasteiger partial charge is 0.276 e. The van der Waals surface area contributed by atoms with Gasteiger partial charge in [-0.3, -0.25) is 4.79 Å². The third-order valence-electron chi connectivity index (χ3n) is 4.47. The Morgan fingerprint density at radius 2 is 2.21 bits per heavy atom. The summed E-state index contributed by atoms with van der Waals surface area (Å²) < 4.78 is 10.2. The Labute approximate surface area is 142 Å². The monoisotopic (exact) mass is 329 g/mol. The van der Waals surface area contributed by atoms with Crippen LogP contribution in [0.5, 0.6) is 0 Å². The molecule has 1 aliphatic rings. The van der Waals surface area contributed by atoms with Crippen molar-refractivity contribution >= 4 is 11.6 Å². The minimum atomic E-state index is -0.0990. The number of aromatic nitrogens is 1. The largest absolute Gasteiger partial charge is 0.377 e. The van der Waals surface area contributed by atoms with Gasteiger partial charge in [0.15, 0.2) is 11.5 Å². The maximum absolute atomic E-state index is 13.0. The molecular formula is C18H23N3O3. The number of ether oxygens (including phenoxy) is 1. The number of hydrogen-bond donors (Lipinski definition) is 0. The van der Waals surface area contributed by atoms with Crippen LogP contribution in [0.2, 0.25) is 0 Å². The Bertz CT molecular complexity index is 713. The molecule has 0 N–H and O–H groups in total. The third-order valence-corrected chi connectivity index (χ3v) is 4.47. The van der Waals surface area contributed by atoms with Gasteiger partial charge in [0.05, 0.1) is 0 Å². The number of methoxy groups -OCH3 is 1. The number of benzene rings is 1. The maximum Gasteiger partial charge on any atom is 0.276 e. The molecule has 0 unspecified atom stereocenters. The Kier molecular flexibility index (Phi) is 4.85. The van der Waals surface area contributed by atoms with E-state index in [1.54, 1.807) is 13.2 Å². The third kappa shape index (κ3) is 3.14. The Morgan fingerprint density at radius 3 is 2.96 bits per heavy atom. The lowest BCUT2D eigenvalue weighted by atomic mass is 10.1. The van der Waals surface area contributed by atoms with Crippen LogP contribution in [0.15, 0.2) is 34.9 Å². The number of anilines is 1. The second-order valence-electron chi connectivity index (χ2n) is 6.12. The van der Waals surface area contributed by atoms with Crippen LogP contribution < -0.4 is 4.90 Å². The molecule has 128 valence electrons. The molecule has 1 aromatic carbocycles. The van der Waals surface area contributed by atoms with Crippen LogP contribution in [0.3, 0.4) is 0 Å². The van der Waals surface area contributed by atoms with Crippen LogP contribution >= 0.6 is 0 Å². The molecule has 1 aromatic heterocycles. The van der Waals surface area contributed by atoms with Crippen LogP contribution in [0.4, 0.5) is 5.69 Å². The van der Waals surface area contributed by atoms with Crippen LogP contribution in [-0.4, -0.2) is 42.7 Å². The molecule has 0 radical (unpaired) electrons. The summed E-state index contributed by atoms with van der Waals surface area (Å²) in [6.45, 7) is 3.78. The number of carbonyl (C=O) groups excluding carboxylic acids is 1. The highest BCUT2D eigenvalue weighted by atomic mass is 16.5. The Hall–Kier alpha value is -2.34. The highest BCUT2D eigenvalue weighted by Gasteiger charge is 2.30. The van der Waals surface area contributed by atoms with E-state index in [-0.39, 0.29) is 11.9 Å².